The number of likely N-dealkylation sites (N-methyl/N-ethyl adjacent to an activating group) is 1. The number of hydrogen-bond donors (Lipinski definition) is 2. The van der Waals surface area contributed by atoms with Crippen LogP contribution in [0.4, 0.5) is 10.1 Å². The van der Waals surface area contributed by atoms with Crippen molar-refractivity contribution < 1.29 is 4.39 Å². The van der Waals surface area contributed by atoms with Crippen LogP contribution < -0.4 is 15.5 Å². The van der Waals surface area contributed by atoms with Gasteiger partial charge in [-0.05, 0) is 38.1 Å². The molecule has 6 heteroatoms. The van der Waals surface area contributed by atoms with Crippen molar-refractivity contribution in [2.45, 2.75) is 33.4 Å². The minimum Gasteiger partial charge on any atom is -0.367 e. The maximum atomic E-state index is 14.5. The van der Waals surface area contributed by atoms with Gasteiger partial charge < -0.3 is 20.4 Å². The van der Waals surface area contributed by atoms with Crippen molar-refractivity contribution in [3.05, 3.63) is 29.6 Å². The molecule has 1 aliphatic heterocycles. The number of anilines is 1. The molecule has 1 aromatic rings. The molecule has 1 saturated heterocycles. The number of benzene rings is 1. The Morgan fingerprint density at radius 1 is 1.25 bits per heavy atom. The molecule has 0 aromatic heterocycles. The van der Waals surface area contributed by atoms with Gasteiger partial charge >= 0.3 is 0 Å². The van der Waals surface area contributed by atoms with E-state index in [4.69, 9.17) is 0 Å². The lowest BCUT2D eigenvalue weighted by molar-refractivity contribution is 0.270. The molecule has 1 aliphatic rings. The van der Waals surface area contributed by atoms with Crippen molar-refractivity contribution in [3.8, 4) is 0 Å². The van der Waals surface area contributed by atoms with Crippen molar-refractivity contribution in [1.29, 1.82) is 0 Å². The molecule has 24 heavy (non-hydrogen) atoms. The first kappa shape index (κ1) is 18.5. The molecule has 5 nitrogen and oxygen atoms in total. The number of piperazine rings is 1. The van der Waals surface area contributed by atoms with Gasteiger partial charge in [-0.15, -0.1) is 0 Å². The fourth-order valence-corrected chi connectivity index (χ4v) is 2.88. The van der Waals surface area contributed by atoms with Gasteiger partial charge in [-0.2, -0.15) is 0 Å². The van der Waals surface area contributed by atoms with Crippen molar-refractivity contribution in [1.82, 2.24) is 15.5 Å². The highest BCUT2D eigenvalue weighted by Crippen LogP contribution is 2.22. The predicted octanol–water partition coefficient (Wildman–Crippen LogP) is 2.04. The zero-order valence-corrected chi connectivity index (χ0v) is 15.3. The molecule has 1 heterocycles. The number of guanidine groups is 1. The number of hydrogen-bond acceptors (Lipinski definition) is 3. The zero-order chi connectivity index (χ0) is 17.5. The summed E-state index contributed by atoms with van der Waals surface area (Å²) < 4.78 is 14.5. The van der Waals surface area contributed by atoms with Crippen LogP contribution in [0.2, 0.25) is 0 Å². The number of nitrogens with zero attached hydrogens (tertiary/aromatic N) is 3. The van der Waals surface area contributed by atoms with E-state index in [2.05, 4.69) is 46.2 Å². The zero-order valence-electron chi connectivity index (χ0n) is 15.3. The molecule has 0 aliphatic carbocycles. The third-order valence-corrected chi connectivity index (χ3v) is 4.28. The second-order valence-corrected chi connectivity index (χ2v) is 6.43. The quantitative estimate of drug-likeness (QED) is 0.638. The maximum absolute atomic E-state index is 14.5. The normalized spacial score (nSPS) is 16.6. The number of rotatable bonds is 5. The molecule has 0 saturated carbocycles. The third kappa shape index (κ3) is 5.09. The van der Waals surface area contributed by atoms with E-state index in [0.29, 0.717) is 18.3 Å². The first-order valence-electron chi connectivity index (χ1n) is 8.76. The van der Waals surface area contributed by atoms with E-state index in [1.807, 2.05) is 12.1 Å². The van der Waals surface area contributed by atoms with E-state index < -0.39 is 0 Å². The Morgan fingerprint density at radius 2 is 1.96 bits per heavy atom. The van der Waals surface area contributed by atoms with Crippen LogP contribution in [0, 0.1) is 5.82 Å². The molecule has 1 aromatic carbocycles. The van der Waals surface area contributed by atoms with Crippen LogP contribution >= 0.6 is 0 Å². The van der Waals surface area contributed by atoms with Crippen molar-refractivity contribution in [2.75, 3.05) is 44.7 Å². The Balaban J connectivity index is 1.95. The molecule has 0 spiro atoms. The molecule has 0 radical (unpaired) electrons. The van der Waals surface area contributed by atoms with E-state index >= 15 is 0 Å². The van der Waals surface area contributed by atoms with E-state index in [9.17, 15) is 4.39 Å². The van der Waals surface area contributed by atoms with Crippen LogP contribution in [-0.2, 0) is 6.54 Å². The van der Waals surface area contributed by atoms with Gasteiger partial charge in [0.2, 0.25) is 0 Å². The van der Waals surface area contributed by atoms with Gasteiger partial charge in [0.15, 0.2) is 5.96 Å². The van der Waals surface area contributed by atoms with Gasteiger partial charge in [0.1, 0.15) is 5.82 Å². The smallest absolute Gasteiger partial charge is 0.191 e. The standard InChI is InChI=1S/C18H30FN5/c1-5-23-8-10-24(11-9-23)17-7-6-15(12-16(17)19)13-21-18(20-4)22-14(2)3/h6-7,12,14H,5,8-11,13H2,1-4H3,(H2,20,21,22). The summed E-state index contributed by atoms with van der Waals surface area (Å²) in [4.78, 5) is 8.69. The molecular weight excluding hydrogens is 305 g/mol. The summed E-state index contributed by atoms with van der Waals surface area (Å²) in [6, 6.07) is 5.81. The van der Waals surface area contributed by atoms with Crippen molar-refractivity contribution in [2.24, 2.45) is 4.99 Å². The Morgan fingerprint density at radius 3 is 2.50 bits per heavy atom. The lowest BCUT2D eigenvalue weighted by Crippen LogP contribution is -2.46. The van der Waals surface area contributed by atoms with Crippen LogP contribution in [-0.4, -0.2) is 56.7 Å². The topological polar surface area (TPSA) is 42.9 Å². The minimum atomic E-state index is -0.147. The lowest BCUT2D eigenvalue weighted by Gasteiger charge is -2.35. The second-order valence-electron chi connectivity index (χ2n) is 6.43. The number of halogens is 1. The average Bonchev–Trinajstić information content (AvgIpc) is 2.58. The molecule has 1 fully saturated rings. The lowest BCUT2D eigenvalue weighted by atomic mass is 10.1. The van der Waals surface area contributed by atoms with E-state index in [-0.39, 0.29) is 5.82 Å². The summed E-state index contributed by atoms with van der Waals surface area (Å²) >= 11 is 0. The number of aliphatic imine (C=N–C) groups is 1. The van der Waals surface area contributed by atoms with E-state index in [1.54, 1.807) is 13.1 Å². The molecule has 2 rings (SSSR count). The predicted molar refractivity (Wildman–Crippen MR) is 99.2 cm³/mol. The molecule has 0 unspecified atom stereocenters. The van der Waals surface area contributed by atoms with Gasteiger partial charge in [-0.25, -0.2) is 4.39 Å². The highest BCUT2D eigenvalue weighted by Gasteiger charge is 2.18. The summed E-state index contributed by atoms with van der Waals surface area (Å²) in [6.45, 7) is 11.6. The first-order valence-corrected chi connectivity index (χ1v) is 8.76. The van der Waals surface area contributed by atoms with Gasteiger partial charge in [0.25, 0.3) is 0 Å². The Labute approximate surface area is 144 Å². The molecule has 0 amide bonds. The monoisotopic (exact) mass is 335 g/mol. The Kier molecular flexibility index (Phi) is 6.85. The highest BCUT2D eigenvalue weighted by atomic mass is 19.1. The molecular formula is C18H30FN5. The SMILES string of the molecule is CCN1CCN(c2ccc(CNC(=NC)NC(C)C)cc2F)CC1. The first-order chi connectivity index (χ1) is 11.5. The maximum Gasteiger partial charge on any atom is 0.191 e. The Bertz CT molecular complexity index is 550. The van der Waals surface area contributed by atoms with Crippen molar-refractivity contribution >= 4 is 11.6 Å². The summed E-state index contributed by atoms with van der Waals surface area (Å²) in [5.41, 5.74) is 1.62. The largest absolute Gasteiger partial charge is 0.367 e. The van der Waals surface area contributed by atoms with E-state index in [1.165, 1.54) is 0 Å². The minimum absolute atomic E-state index is 0.147. The number of nitrogens with one attached hydrogen (secondary N) is 2. The van der Waals surface area contributed by atoms with E-state index in [0.717, 1.165) is 44.2 Å². The van der Waals surface area contributed by atoms with Gasteiger partial charge in [-0.1, -0.05) is 13.0 Å². The Hall–Kier alpha value is -1.82. The van der Waals surface area contributed by atoms with Crippen LogP contribution in [0.15, 0.2) is 23.2 Å². The van der Waals surface area contributed by atoms with Gasteiger partial charge in [0, 0.05) is 45.8 Å². The molecule has 134 valence electrons. The fourth-order valence-electron chi connectivity index (χ4n) is 2.88. The third-order valence-electron chi connectivity index (χ3n) is 4.28. The highest BCUT2D eigenvalue weighted by molar-refractivity contribution is 5.79. The summed E-state index contributed by atoms with van der Waals surface area (Å²) in [5.74, 6) is 0.580. The van der Waals surface area contributed by atoms with Crippen molar-refractivity contribution in [3.63, 3.8) is 0 Å². The van der Waals surface area contributed by atoms with Gasteiger partial charge in [0.05, 0.1) is 5.69 Å². The summed E-state index contributed by atoms with van der Waals surface area (Å²) in [5, 5.41) is 6.43. The molecule has 0 bridgehead atoms. The van der Waals surface area contributed by atoms with Crippen LogP contribution in [0.25, 0.3) is 0 Å². The van der Waals surface area contributed by atoms with Gasteiger partial charge in [-0.3, -0.25) is 4.99 Å². The average molecular weight is 335 g/mol. The van der Waals surface area contributed by atoms with Crippen LogP contribution in [0.1, 0.15) is 26.3 Å². The van der Waals surface area contributed by atoms with Crippen LogP contribution in [0.5, 0.6) is 0 Å². The molecule has 0 atom stereocenters. The van der Waals surface area contributed by atoms with Crippen LogP contribution in [0.3, 0.4) is 0 Å². The second kappa shape index (κ2) is 8.87. The summed E-state index contributed by atoms with van der Waals surface area (Å²) in [6.07, 6.45) is 0. The fraction of sp³-hybridized carbons (Fsp3) is 0.611. The molecule has 2 N–H and O–H groups in total. The summed E-state index contributed by atoms with van der Waals surface area (Å²) in [7, 11) is 1.73.